The highest BCUT2D eigenvalue weighted by Crippen LogP contribution is 2.41. The Balaban J connectivity index is 2.11. The molecule has 3 nitrogen and oxygen atoms in total. The van der Waals surface area contributed by atoms with Gasteiger partial charge in [-0.15, -0.1) is 0 Å². The van der Waals surface area contributed by atoms with Crippen LogP contribution in [0.25, 0.3) is 0 Å². The Morgan fingerprint density at radius 2 is 2.14 bits per heavy atom. The van der Waals surface area contributed by atoms with Crippen molar-refractivity contribution in [1.29, 1.82) is 0 Å². The Labute approximate surface area is 130 Å². The third kappa shape index (κ3) is 4.32. The molecule has 0 amide bonds. The van der Waals surface area contributed by atoms with Gasteiger partial charge in [0.25, 0.3) is 0 Å². The van der Waals surface area contributed by atoms with Gasteiger partial charge in [-0.05, 0) is 44.2 Å². The number of nitrogens with one attached hydrogen (secondary N) is 1. The lowest BCUT2D eigenvalue weighted by Crippen LogP contribution is -2.35. The molecule has 120 valence electrons. The summed E-state index contributed by atoms with van der Waals surface area (Å²) in [4.78, 5) is 0. The van der Waals surface area contributed by atoms with Crippen LogP contribution in [0, 0.1) is 11.8 Å². The Hall–Kier alpha value is -0.830. The van der Waals surface area contributed by atoms with Crippen LogP contribution in [-0.2, 0) is 6.54 Å². The van der Waals surface area contributed by atoms with Crippen molar-refractivity contribution >= 4 is 0 Å². The van der Waals surface area contributed by atoms with E-state index < -0.39 is 0 Å². The summed E-state index contributed by atoms with van der Waals surface area (Å²) in [7, 11) is 0. The first-order valence-electron chi connectivity index (χ1n) is 8.90. The molecule has 1 aliphatic rings. The van der Waals surface area contributed by atoms with Crippen LogP contribution < -0.4 is 5.32 Å². The molecule has 3 heteroatoms. The largest absolute Gasteiger partial charge is 0.314 e. The Morgan fingerprint density at radius 3 is 2.81 bits per heavy atom. The van der Waals surface area contributed by atoms with Gasteiger partial charge in [-0.3, -0.25) is 4.68 Å². The molecule has 2 rings (SSSR count). The Morgan fingerprint density at radius 1 is 1.33 bits per heavy atom. The van der Waals surface area contributed by atoms with Crippen LogP contribution in [0.15, 0.2) is 12.3 Å². The molecule has 1 aromatic rings. The zero-order valence-corrected chi connectivity index (χ0v) is 14.3. The lowest BCUT2D eigenvalue weighted by atomic mass is 9.71. The highest BCUT2D eigenvalue weighted by molar-refractivity contribution is 5.11. The molecule has 0 aliphatic heterocycles. The maximum atomic E-state index is 4.51. The van der Waals surface area contributed by atoms with Crippen LogP contribution in [0.4, 0.5) is 0 Å². The summed E-state index contributed by atoms with van der Waals surface area (Å²) >= 11 is 0. The first-order valence-corrected chi connectivity index (χ1v) is 8.90. The quantitative estimate of drug-likeness (QED) is 0.816. The predicted octanol–water partition coefficient (Wildman–Crippen LogP) is 4.20. The second-order valence-electron chi connectivity index (χ2n) is 6.97. The van der Waals surface area contributed by atoms with Gasteiger partial charge in [0.2, 0.25) is 0 Å². The van der Waals surface area contributed by atoms with E-state index in [-0.39, 0.29) is 0 Å². The number of rotatable bonds is 7. The molecule has 1 fully saturated rings. The summed E-state index contributed by atoms with van der Waals surface area (Å²) in [6.45, 7) is 11.1. The molecular weight excluding hydrogens is 258 g/mol. The van der Waals surface area contributed by atoms with Gasteiger partial charge in [-0.2, -0.15) is 5.10 Å². The maximum Gasteiger partial charge on any atom is 0.0492 e. The lowest BCUT2D eigenvalue weighted by molar-refractivity contribution is 0.210. The molecule has 1 N–H and O–H groups in total. The van der Waals surface area contributed by atoms with Crippen LogP contribution >= 0.6 is 0 Å². The summed E-state index contributed by atoms with van der Waals surface area (Å²) in [5.41, 5.74) is 1.47. The standard InChI is InChI=1S/C18H33N3/c1-5-7-15-8-9-16(13-19-14(3)4)17(12-15)18-10-11-20-21(18)6-2/h10-11,14-17,19H,5-9,12-13H2,1-4H3. The Kier molecular flexibility index (Phi) is 6.28. The second-order valence-corrected chi connectivity index (χ2v) is 6.97. The highest BCUT2D eigenvalue weighted by atomic mass is 15.3. The van der Waals surface area contributed by atoms with Gasteiger partial charge in [0.05, 0.1) is 0 Å². The minimum Gasteiger partial charge on any atom is -0.314 e. The smallest absolute Gasteiger partial charge is 0.0492 e. The number of nitrogens with zero attached hydrogens (tertiary/aromatic N) is 2. The summed E-state index contributed by atoms with van der Waals surface area (Å²) in [5.74, 6) is 2.36. The van der Waals surface area contributed by atoms with Crippen molar-refractivity contribution < 1.29 is 0 Å². The average molecular weight is 291 g/mol. The summed E-state index contributed by atoms with van der Waals surface area (Å²) in [5, 5.41) is 8.17. The third-order valence-electron chi connectivity index (χ3n) is 5.02. The van der Waals surface area contributed by atoms with Crippen molar-refractivity contribution in [2.24, 2.45) is 11.8 Å². The first-order chi connectivity index (χ1) is 10.2. The highest BCUT2D eigenvalue weighted by Gasteiger charge is 2.32. The molecule has 1 aliphatic carbocycles. The third-order valence-corrected chi connectivity index (χ3v) is 5.02. The van der Waals surface area contributed by atoms with E-state index in [0.717, 1.165) is 24.9 Å². The van der Waals surface area contributed by atoms with Crippen molar-refractivity contribution in [3.8, 4) is 0 Å². The van der Waals surface area contributed by atoms with Crippen LogP contribution in [0.2, 0.25) is 0 Å². The summed E-state index contributed by atoms with van der Waals surface area (Å²) < 4.78 is 2.21. The van der Waals surface area contributed by atoms with Gasteiger partial charge in [0, 0.05) is 30.4 Å². The molecular formula is C18H33N3. The van der Waals surface area contributed by atoms with Gasteiger partial charge >= 0.3 is 0 Å². The minimum absolute atomic E-state index is 0.579. The summed E-state index contributed by atoms with van der Waals surface area (Å²) in [6.07, 6.45) is 8.82. The molecule has 1 heterocycles. The molecule has 21 heavy (non-hydrogen) atoms. The van der Waals surface area contributed by atoms with Crippen molar-refractivity contribution in [3.63, 3.8) is 0 Å². The number of hydrogen-bond donors (Lipinski definition) is 1. The van der Waals surface area contributed by atoms with E-state index >= 15 is 0 Å². The molecule has 0 spiro atoms. The zero-order chi connectivity index (χ0) is 15.2. The van der Waals surface area contributed by atoms with Crippen molar-refractivity contribution in [1.82, 2.24) is 15.1 Å². The SMILES string of the molecule is CCCC1CCC(CNC(C)C)C(c2ccnn2CC)C1. The first kappa shape index (κ1) is 16.5. The van der Waals surface area contributed by atoms with E-state index in [1.807, 2.05) is 6.20 Å². The van der Waals surface area contributed by atoms with Gasteiger partial charge in [0.15, 0.2) is 0 Å². The number of aromatic nitrogens is 2. The van der Waals surface area contributed by atoms with E-state index in [1.54, 1.807) is 0 Å². The van der Waals surface area contributed by atoms with E-state index in [9.17, 15) is 0 Å². The fraction of sp³-hybridized carbons (Fsp3) is 0.833. The number of aryl methyl sites for hydroxylation is 1. The predicted molar refractivity (Wildman–Crippen MR) is 89.5 cm³/mol. The molecule has 0 saturated heterocycles. The van der Waals surface area contributed by atoms with E-state index in [2.05, 4.69) is 48.9 Å². The maximum absolute atomic E-state index is 4.51. The molecule has 1 aromatic heterocycles. The molecule has 0 radical (unpaired) electrons. The minimum atomic E-state index is 0.579. The molecule has 1 saturated carbocycles. The van der Waals surface area contributed by atoms with Gasteiger partial charge in [-0.1, -0.05) is 40.0 Å². The lowest BCUT2D eigenvalue weighted by Gasteiger charge is -2.37. The molecule has 3 unspecified atom stereocenters. The normalized spacial score (nSPS) is 26.4. The van der Waals surface area contributed by atoms with E-state index in [0.29, 0.717) is 12.0 Å². The van der Waals surface area contributed by atoms with E-state index in [1.165, 1.54) is 37.8 Å². The van der Waals surface area contributed by atoms with Crippen LogP contribution in [0.5, 0.6) is 0 Å². The van der Waals surface area contributed by atoms with Crippen LogP contribution in [0.1, 0.15) is 71.4 Å². The van der Waals surface area contributed by atoms with Crippen LogP contribution in [-0.4, -0.2) is 22.4 Å². The average Bonchev–Trinajstić information content (AvgIpc) is 2.94. The van der Waals surface area contributed by atoms with Gasteiger partial charge in [-0.25, -0.2) is 0 Å². The van der Waals surface area contributed by atoms with Gasteiger partial charge < -0.3 is 5.32 Å². The molecule has 0 aromatic carbocycles. The fourth-order valence-electron chi connectivity index (χ4n) is 3.91. The van der Waals surface area contributed by atoms with Gasteiger partial charge in [0.1, 0.15) is 0 Å². The Bertz CT molecular complexity index is 410. The van der Waals surface area contributed by atoms with Crippen LogP contribution in [0.3, 0.4) is 0 Å². The monoisotopic (exact) mass is 291 g/mol. The van der Waals surface area contributed by atoms with Crippen molar-refractivity contribution in [3.05, 3.63) is 18.0 Å². The number of hydrogen-bond acceptors (Lipinski definition) is 2. The zero-order valence-electron chi connectivity index (χ0n) is 14.3. The van der Waals surface area contributed by atoms with Crippen molar-refractivity contribution in [2.75, 3.05) is 6.54 Å². The molecule has 0 bridgehead atoms. The van der Waals surface area contributed by atoms with E-state index in [4.69, 9.17) is 0 Å². The molecule has 3 atom stereocenters. The van der Waals surface area contributed by atoms with Crippen molar-refractivity contribution in [2.45, 2.75) is 78.3 Å². The second kappa shape index (κ2) is 7.98. The fourth-order valence-corrected chi connectivity index (χ4v) is 3.91. The topological polar surface area (TPSA) is 29.9 Å². The summed E-state index contributed by atoms with van der Waals surface area (Å²) in [6, 6.07) is 2.83.